The number of rotatable bonds is 5. The van der Waals surface area contributed by atoms with Crippen molar-refractivity contribution in [1.29, 1.82) is 0 Å². The summed E-state index contributed by atoms with van der Waals surface area (Å²) in [5.74, 6) is -0.212. The number of hydrogen-bond donors (Lipinski definition) is 1. The van der Waals surface area contributed by atoms with E-state index in [1.807, 2.05) is 35.1 Å². The van der Waals surface area contributed by atoms with Gasteiger partial charge in [0.15, 0.2) is 0 Å². The van der Waals surface area contributed by atoms with E-state index >= 15 is 0 Å². The Morgan fingerprint density at radius 2 is 1.88 bits per heavy atom. The maximum Gasteiger partial charge on any atom is 0.259 e. The average molecular weight is 540 g/mol. The van der Waals surface area contributed by atoms with E-state index in [0.717, 1.165) is 61.5 Å². The van der Waals surface area contributed by atoms with E-state index in [1.54, 1.807) is 11.0 Å². The quantitative estimate of drug-likeness (QED) is 0.498. The van der Waals surface area contributed by atoms with Crippen molar-refractivity contribution in [3.8, 4) is 0 Å². The summed E-state index contributed by atoms with van der Waals surface area (Å²) in [6, 6.07) is 8.92. The highest BCUT2D eigenvalue weighted by Crippen LogP contribution is 2.43. The van der Waals surface area contributed by atoms with Crippen molar-refractivity contribution in [2.24, 2.45) is 5.41 Å². The molecule has 206 valence electrons. The molecule has 2 aromatic carbocycles. The molecule has 1 saturated carbocycles. The summed E-state index contributed by atoms with van der Waals surface area (Å²) in [5, 5.41) is 8.85. The summed E-state index contributed by atoms with van der Waals surface area (Å²) in [6.07, 6.45) is 9.68. The zero-order chi connectivity index (χ0) is 27.6. The number of amides is 4. The molecule has 3 fully saturated rings. The number of nitrogens with one attached hydrogen (secondary N) is 1. The molecule has 0 radical (unpaired) electrons. The van der Waals surface area contributed by atoms with Crippen LogP contribution in [0.3, 0.4) is 0 Å². The van der Waals surface area contributed by atoms with Crippen LogP contribution in [0.4, 0.5) is 5.69 Å². The SMILES string of the molecule is CC1(C(=O)N2CCC(c3cnn(Cc4ccc5c6c(cccc46)C(=O)N5C4CCC(=O)NC4=O)c3)CC2)CCC1. The van der Waals surface area contributed by atoms with Gasteiger partial charge in [-0.05, 0) is 66.7 Å². The molecule has 3 aromatic rings. The van der Waals surface area contributed by atoms with Crippen LogP contribution in [0.2, 0.25) is 0 Å². The van der Waals surface area contributed by atoms with Gasteiger partial charge in [0.1, 0.15) is 6.04 Å². The number of nitrogens with zero attached hydrogens (tertiary/aromatic N) is 4. The van der Waals surface area contributed by atoms with E-state index in [2.05, 4.69) is 28.4 Å². The Hall–Kier alpha value is -4.01. The summed E-state index contributed by atoms with van der Waals surface area (Å²) in [4.78, 5) is 54.2. The van der Waals surface area contributed by atoms with Gasteiger partial charge in [0.05, 0.1) is 18.4 Å². The minimum Gasteiger partial charge on any atom is -0.342 e. The highest BCUT2D eigenvalue weighted by molar-refractivity contribution is 6.27. The first kappa shape index (κ1) is 25.0. The minimum atomic E-state index is -0.696. The fraction of sp³-hybridized carbons (Fsp3) is 0.452. The average Bonchev–Trinajstić information content (AvgIpc) is 3.52. The van der Waals surface area contributed by atoms with Crippen molar-refractivity contribution in [3.63, 3.8) is 0 Å². The molecular formula is C31H33N5O4. The number of likely N-dealkylation sites (tertiary alicyclic amines) is 1. The summed E-state index contributed by atoms with van der Waals surface area (Å²) in [5.41, 5.74) is 3.40. The molecule has 2 saturated heterocycles. The van der Waals surface area contributed by atoms with Crippen molar-refractivity contribution in [3.05, 3.63) is 59.4 Å². The highest BCUT2D eigenvalue weighted by atomic mass is 16.2. The molecule has 3 aliphatic heterocycles. The first-order chi connectivity index (χ1) is 19.3. The number of carbonyl (C=O) groups excluding carboxylic acids is 4. The smallest absolute Gasteiger partial charge is 0.259 e. The summed E-state index contributed by atoms with van der Waals surface area (Å²) >= 11 is 0. The Kier molecular flexibility index (Phi) is 5.80. The number of benzene rings is 2. The van der Waals surface area contributed by atoms with Crippen LogP contribution in [0, 0.1) is 5.41 Å². The molecular weight excluding hydrogens is 506 g/mol. The van der Waals surface area contributed by atoms with Gasteiger partial charge in [-0.1, -0.05) is 31.5 Å². The molecule has 1 aliphatic carbocycles. The molecule has 0 bridgehead atoms. The molecule has 4 amide bonds. The van der Waals surface area contributed by atoms with E-state index < -0.39 is 11.9 Å². The topological polar surface area (TPSA) is 105 Å². The summed E-state index contributed by atoms with van der Waals surface area (Å²) in [7, 11) is 0. The van der Waals surface area contributed by atoms with Crippen LogP contribution in [0.15, 0.2) is 42.7 Å². The Morgan fingerprint density at radius 3 is 2.60 bits per heavy atom. The molecule has 1 atom stereocenters. The molecule has 1 aromatic heterocycles. The fourth-order valence-corrected chi connectivity index (χ4v) is 7.01. The Bertz CT molecular complexity index is 1560. The monoisotopic (exact) mass is 539 g/mol. The lowest BCUT2D eigenvalue weighted by Gasteiger charge is -2.43. The highest BCUT2D eigenvalue weighted by Gasteiger charge is 2.43. The standard InChI is InChI=1S/C31H33N5O4/c1-31(12-3-13-31)30(40)34-14-10-19(11-15-34)21-16-32-35(18-21)17-20-6-7-24-27-22(20)4-2-5-23(27)29(39)36(24)25-8-9-26(37)33-28(25)38/h2,4-7,16,18-19,25H,3,8-15,17H2,1H3,(H,33,37,38). The van der Waals surface area contributed by atoms with Gasteiger partial charge in [-0.15, -0.1) is 0 Å². The van der Waals surface area contributed by atoms with E-state index in [4.69, 9.17) is 0 Å². The first-order valence-electron chi connectivity index (χ1n) is 14.4. The summed E-state index contributed by atoms with van der Waals surface area (Å²) in [6.45, 7) is 4.27. The van der Waals surface area contributed by atoms with Crippen LogP contribution >= 0.6 is 0 Å². The zero-order valence-electron chi connectivity index (χ0n) is 22.7. The predicted octanol–water partition coefficient (Wildman–Crippen LogP) is 3.75. The molecule has 9 nitrogen and oxygen atoms in total. The Balaban J connectivity index is 1.09. The summed E-state index contributed by atoms with van der Waals surface area (Å²) < 4.78 is 1.95. The lowest BCUT2D eigenvalue weighted by atomic mass is 9.69. The van der Waals surface area contributed by atoms with Crippen LogP contribution in [0.25, 0.3) is 10.8 Å². The van der Waals surface area contributed by atoms with Crippen molar-refractivity contribution in [2.45, 2.75) is 70.4 Å². The van der Waals surface area contributed by atoms with E-state index in [9.17, 15) is 19.2 Å². The van der Waals surface area contributed by atoms with Gasteiger partial charge in [-0.2, -0.15) is 5.10 Å². The van der Waals surface area contributed by atoms with Gasteiger partial charge in [0.25, 0.3) is 5.91 Å². The van der Waals surface area contributed by atoms with Gasteiger partial charge < -0.3 is 4.90 Å². The second kappa shape index (κ2) is 9.28. The van der Waals surface area contributed by atoms with Crippen LogP contribution in [-0.2, 0) is 20.9 Å². The second-order valence-corrected chi connectivity index (χ2v) is 12.1. The zero-order valence-corrected chi connectivity index (χ0v) is 22.7. The van der Waals surface area contributed by atoms with Crippen molar-refractivity contribution < 1.29 is 19.2 Å². The normalized spacial score (nSPS) is 22.5. The molecule has 0 spiro atoms. The largest absolute Gasteiger partial charge is 0.342 e. The third-order valence-electron chi connectivity index (χ3n) is 9.55. The minimum absolute atomic E-state index is 0.138. The Morgan fingerprint density at radius 1 is 1.07 bits per heavy atom. The molecule has 1 unspecified atom stereocenters. The maximum absolute atomic E-state index is 13.4. The molecule has 4 aliphatic rings. The van der Waals surface area contributed by atoms with Gasteiger partial charge >= 0.3 is 0 Å². The lowest BCUT2D eigenvalue weighted by Crippen LogP contribution is -2.53. The fourth-order valence-electron chi connectivity index (χ4n) is 7.01. The number of aromatic nitrogens is 2. The number of imide groups is 1. The van der Waals surface area contributed by atoms with Crippen molar-refractivity contribution >= 4 is 40.1 Å². The van der Waals surface area contributed by atoms with E-state index in [-0.39, 0.29) is 23.7 Å². The van der Waals surface area contributed by atoms with Gasteiger partial charge in [0.2, 0.25) is 17.7 Å². The Labute approximate surface area is 232 Å². The predicted molar refractivity (Wildman–Crippen MR) is 149 cm³/mol. The number of carbonyl (C=O) groups is 4. The van der Waals surface area contributed by atoms with Crippen LogP contribution < -0.4 is 10.2 Å². The van der Waals surface area contributed by atoms with Crippen molar-refractivity contribution in [2.75, 3.05) is 18.0 Å². The second-order valence-electron chi connectivity index (χ2n) is 12.1. The van der Waals surface area contributed by atoms with Crippen LogP contribution in [0.1, 0.15) is 79.3 Å². The number of anilines is 1. The number of hydrogen-bond acceptors (Lipinski definition) is 5. The molecule has 9 heteroatoms. The molecule has 40 heavy (non-hydrogen) atoms. The first-order valence-corrected chi connectivity index (χ1v) is 14.4. The molecule has 7 rings (SSSR count). The molecule has 4 heterocycles. The van der Waals surface area contributed by atoms with Crippen molar-refractivity contribution in [1.82, 2.24) is 20.0 Å². The van der Waals surface area contributed by atoms with E-state index in [1.165, 1.54) is 5.56 Å². The third kappa shape index (κ3) is 3.93. The van der Waals surface area contributed by atoms with Crippen LogP contribution in [0.5, 0.6) is 0 Å². The van der Waals surface area contributed by atoms with Gasteiger partial charge in [0, 0.05) is 42.1 Å². The lowest BCUT2D eigenvalue weighted by molar-refractivity contribution is -0.147. The molecule has 1 N–H and O–H groups in total. The maximum atomic E-state index is 13.4. The van der Waals surface area contributed by atoms with Gasteiger partial charge in [-0.25, -0.2) is 0 Å². The van der Waals surface area contributed by atoms with Crippen LogP contribution in [-0.4, -0.2) is 57.4 Å². The number of piperidine rings is 2. The third-order valence-corrected chi connectivity index (χ3v) is 9.55. The van der Waals surface area contributed by atoms with E-state index in [0.29, 0.717) is 36.0 Å². The van der Waals surface area contributed by atoms with Gasteiger partial charge in [-0.3, -0.25) is 34.1 Å².